The second kappa shape index (κ2) is 11.8. The van der Waals surface area contributed by atoms with Crippen molar-refractivity contribution in [2.24, 2.45) is 0 Å². The highest BCUT2D eigenvalue weighted by Crippen LogP contribution is 2.41. The summed E-state index contributed by atoms with van der Waals surface area (Å²) in [6, 6.07) is 13.6. The van der Waals surface area contributed by atoms with Gasteiger partial charge in [-0.05, 0) is 42.7 Å². The molecule has 0 fully saturated rings. The van der Waals surface area contributed by atoms with Crippen molar-refractivity contribution in [2.75, 3.05) is 13.6 Å². The van der Waals surface area contributed by atoms with Crippen LogP contribution in [0.25, 0.3) is 0 Å². The number of hydrogen-bond donors (Lipinski definition) is 2. The van der Waals surface area contributed by atoms with Crippen LogP contribution in [-0.2, 0) is 6.42 Å². The number of unbranched alkanes of at least 4 members (excludes halogenated alkanes) is 1. The van der Waals surface area contributed by atoms with Crippen LogP contribution >= 0.6 is 21.6 Å². The molecule has 150 valence electrons. The molecule has 0 atom stereocenters. The Morgan fingerprint density at radius 3 is 2.32 bits per heavy atom. The van der Waals surface area contributed by atoms with Crippen molar-refractivity contribution < 1.29 is 9.59 Å². The Balaban J connectivity index is 2.20. The quantitative estimate of drug-likeness (QED) is 0.406. The van der Waals surface area contributed by atoms with Crippen molar-refractivity contribution in [2.45, 2.75) is 49.3 Å². The monoisotopic (exact) mass is 416 g/mol. The number of aryl methyl sites for hydroxylation is 1. The van der Waals surface area contributed by atoms with Gasteiger partial charge in [0.15, 0.2) is 0 Å². The second-order valence-electron chi connectivity index (χ2n) is 6.43. The molecule has 6 heteroatoms. The van der Waals surface area contributed by atoms with Gasteiger partial charge in [0.05, 0.1) is 11.1 Å². The first-order chi connectivity index (χ1) is 13.6. The van der Waals surface area contributed by atoms with Crippen LogP contribution in [0.5, 0.6) is 0 Å². The van der Waals surface area contributed by atoms with E-state index in [1.165, 1.54) is 27.2 Å². The third-order valence-corrected chi connectivity index (χ3v) is 6.69. The first kappa shape index (κ1) is 22.4. The van der Waals surface area contributed by atoms with Crippen molar-refractivity contribution in [1.82, 2.24) is 10.6 Å². The number of benzene rings is 2. The zero-order valence-electron chi connectivity index (χ0n) is 16.7. The Morgan fingerprint density at radius 2 is 1.61 bits per heavy atom. The number of rotatable bonds is 10. The molecule has 0 aliphatic rings. The van der Waals surface area contributed by atoms with Crippen LogP contribution < -0.4 is 10.6 Å². The average molecular weight is 417 g/mol. The molecule has 0 aromatic heterocycles. The van der Waals surface area contributed by atoms with Gasteiger partial charge in [-0.15, -0.1) is 0 Å². The molecule has 28 heavy (non-hydrogen) atoms. The van der Waals surface area contributed by atoms with Crippen LogP contribution in [0.3, 0.4) is 0 Å². The molecule has 4 nitrogen and oxygen atoms in total. The van der Waals surface area contributed by atoms with E-state index >= 15 is 0 Å². The highest BCUT2D eigenvalue weighted by Gasteiger charge is 2.15. The molecule has 0 spiro atoms. The van der Waals surface area contributed by atoms with E-state index in [2.05, 4.69) is 30.5 Å². The molecule has 0 heterocycles. The fourth-order valence-corrected chi connectivity index (χ4v) is 5.10. The minimum Gasteiger partial charge on any atom is -0.355 e. The van der Waals surface area contributed by atoms with E-state index in [0.29, 0.717) is 17.7 Å². The topological polar surface area (TPSA) is 58.2 Å². The van der Waals surface area contributed by atoms with E-state index in [0.717, 1.165) is 35.5 Å². The lowest BCUT2D eigenvalue weighted by Gasteiger charge is -2.12. The molecule has 2 N–H and O–H groups in total. The first-order valence-corrected chi connectivity index (χ1v) is 11.8. The molecule has 0 saturated heterocycles. The summed E-state index contributed by atoms with van der Waals surface area (Å²) in [6.45, 7) is 4.92. The number of carbonyl (C=O) groups is 2. The normalized spacial score (nSPS) is 10.5. The summed E-state index contributed by atoms with van der Waals surface area (Å²) in [5, 5.41) is 5.68. The molecule has 2 aromatic carbocycles. The zero-order chi connectivity index (χ0) is 20.4. The maximum absolute atomic E-state index is 12.5. The number of amides is 2. The average Bonchev–Trinajstić information content (AvgIpc) is 2.72. The van der Waals surface area contributed by atoms with Crippen molar-refractivity contribution >= 4 is 33.4 Å². The number of hydrogen-bond acceptors (Lipinski definition) is 4. The maximum Gasteiger partial charge on any atom is 0.252 e. The third kappa shape index (κ3) is 6.31. The summed E-state index contributed by atoms with van der Waals surface area (Å²) in [4.78, 5) is 26.6. The molecule has 0 saturated carbocycles. The molecule has 0 unspecified atom stereocenters. The smallest absolute Gasteiger partial charge is 0.252 e. The predicted octanol–water partition coefficient (Wildman–Crippen LogP) is 5.33. The van der Waals surface area contributed by atoms with Crippen molar-refractivity contribution in [3.63, 3.8) is 0 Å². The van der Waals surface area contributed by atoms with E-state index in [1.54, 1.807) is 7.05 Å². The molecule has 2 amide bonds. The van der Waals surface area contributed by atoms with Crippen LogP contribution in [0.15, 0.2) is 52.3 Å². The van der Waals surface area contributed by atoms with Gasteiger partial charge in [-0.25, -0.2) is 0 Å². The Hall–Kier alpha value is -1.92. The van der Waals surface area contributed by atoms with Crippen LogP contribution in [0, 0.1) is 0 Å². The highest BCUT2D eigenvalue weighted by atomic mass is 33.1. The highest BCUT2D eigenvalue weighted by molar-refractivity contribution is 8.76. The lowest BCUT2D eigenvalue weighted by Crippen LogP contribution is -2.24. The van der Waals surface area contributed by atoms with E-state index < -0.39 is 0 Å². The molecule has 2 aromatic rings. The van der Waals surface area contributed by atoms with Gasteiger partial charge in [-0.3, -0.25) is 9.59 Å². The van der Waals surface area contributed by atoms with Crippen LogP contribution in [0.2, 0.25) is 0 Å². The van der Waals surface area contributed by atoms with Gasteiger partial charge in [-0.2, -0.15) is 0 Å². The van der Waals surface area contributed by atoms with Gasteiger partial charge in [-0.1, -0.05) is 66.5 Å². The van der Waals surface area contributed by atoms with Gasteiger partial charge in [0, 0.05) is 23.4 Å². The summed E-state index contributed by atoms with van der Waals surface area (Å²) in [5.74, 6) is -0.153. The molecular formula is C22H28N2O2S2. The van der Waals surface area contributed by atoms with Crippen LogP contribution in [0.4, 0.5) is 0 Å². The van der Waals surface area contributed by atoms with E-state index in [-0.39, 0.29) is 11.8 Å². The van der Waals surface area contributed by atoms with E-state index in [4.69, 9.17) is 0 Å². The summed E-state index contributed by atoms with van der Waals surface area (Å²) < 4.78 is 0. The lowest BCUT2D eigenvalue weighted by atomic mass is 10.1. The fourth-order valence-electron chi connectivity index (χ4n) is 2.69. The zero-order valence-corrected chi connectivity index (χ0v) is 18.3. The molecular weight excluding hydrogens is 388 g/mol. The molecule has 0 radical (unpaired) electrons. The molecule has 2 rings (SSSR count). The van der Waals surface area contributed by atoms with Gasteiger partial charge < -0.3 is 10.6 Å². The van der Waals surface area contributed by atoms with Crippen molar-refractivity contribution in [1.29, 1.82) is 0 Å². The Bertz CT molecular complexity index is 809. The van der Waals surface area contributed by atoms with Gasteiger partial charge in [0.1, 0.15) is 0 Å². The van der Waals surface area contributed by atoms with Gasteiger partial charge in [0.25, 0.3) is 11.8 Å². The number of carbonyl (C=O) groups excluding carboxylic acids is 2. The van der Waals surface area contributed by atoms with Crippen molar-refractivity contribution in [3.8, 4) is 0 Å². The largest absolute Gasteiger partial charge is 0.355 e. The Kier molecular flexibility index (Phi) is 9.44. The summed E-state index contributed by atoms with van der Waals surface area (Å²) in [5.41, 5.74) is 2.54. The third-order valence-electron chi connectivity index (χ3n) is 4.23. The molecule has 0 aliphatic heterocycles. The minimum absolute atomic E-state index is 0.0524. The Morgan fingerprint density at radius 1 is 0.893 bits per heavy atom. The standard InChI is InChI=1S/C22H28N2O2S2/c1-4-6-14-24-22(26)17-10-7-8-11-19(17)27-28-20-15-16(9-5-2)12-13-18(20)21(25)23-3/h7-8,10-13,15H,4-6,9,14H2,1-3H3,(H,23,25)(H,24,26). The van der Waals surface area contributed by atoms with Gasteiger partial charge >= 0.3 is 0 Å². The number of nitrogens with one attached hydrogen (secondary N) is 2. The minimum atomic E-state index is -0.100. The SMILES string of the molecule is CCCCNC(=O)c1ccccc1SSc1cc(CCC)ccc1C(=O)NC. The lowest BCUT2D eigenvalue weighted by molar-refractivity contribution is 0.0945. The summed E-state index contributed by atoms with van der Waals surface area (Å²) >= 11 is 0. The maximum atomic E-state index is 12.5. The van der Waals surface area contributed by atoms with Gasteiger partial charge in [0.2, 0.25) is 0 Å². The molecule has 0 aliphatic carbocycles. The van der Waals surface area contributed by atoms with Crippen molar-refractivity contribution in [3.05, 3.63) is 59.2 Å². The first-order valence-electron chi connectivity index (χ1n) is 9.67. The van der Waals surface area contributed by atoms with Crippen LogP contribution in [0.1, 0.15) is 59.4 Å². The fraction of sp³-hybridized carbons (Fsp3) is 0.364. The Labute approximate surface area is 175 Å². The summed E-state index contributed by atoms with van der Waals surface area (Å²) in [7, 11) is 4.67. The predicted molar refractivity (Wildman–Crippen MR) is 119 cm³/mol. The molecule has 0 bridgehead atoms. The summed E-state index contributed by atoms with van der Waals surface area (Å²) in [6.07, 6.45) is 4.04. The van der Waals surface area contributed by atoms with E-state index in [9.17, 15) is 9.59 Å². The van der Waals surface area contributed by atoms with Crippen LogP contribution in [-0.4, -0.2) is 25.4 Å². The van der Waals surface area contributed by atoms with E-state index in [1.807, 2.05) is 36.4 Å². The second-order valence-corrected chi connectivity index (χ2v) is 8.64.